The van der Waals surface area contributed by atoms with Gasteiger partial charge in [-0.3, -0.25) is 4.79 Å². The molecule has 0 fully saturated rings. The van der Waals surface area contributed by atoms with Gasteiger partial charge in [0, 0.05) is 41.3 Å². The summed E-state index contributed by atoms with van der Waals surface area (Å²) in [4.78, 5) is 12.4. The molecular weight excluding hydrogens is 461 g/mol. The van der Waals surface area contributed by atoms with Crippen molar-refractivity contribution in [3.8, 4) is 16.9 Å². The van der Waals surface area contributed by atoms with Gasteiger partial charge in [-0.1, -0.05) is 36.4 Å². The summed E-state index contributed by atoms with van der Waals surface area (Å²) in [6.07, 6.45) is 1.40. The molecule has 0 spiro atoms. The van der Waals surface area contributed by atoms with Crippen LogP contribution in [0.4, 0.5) is 4.39 Å². The molecule has 188 valence electrons. The molecule has 0 aliphatic heterocycles. The van der Waals surface area contributed by atoms with Gasteiger partial charge in [-0.25, -0.2) is 4.39 Å². The lowest BCUT2D eigenvalue weighted by Gasteiger charge is -2.15. The molecular formula is C29H30FNO5. The number of ether oxygens (including phenoxy) is 3. The van der Waals surface area contributed by atoms with E-state index in [4.69, 9.17) is 24.4 Å². The highest BCUT2D eigenvalue weighted by molar-refractivity contribution is 5.95. The Balaban J connectivity index is 1.61. The second-order valence-corrected chi connectivity index (χ2v) is 8.75. The SMILES string of the molecule is COCC(C)OC(=O)Cc1ccccc1OCc1cc(-c2cccc(CN)c2F)c2occ(C)c2c1. The quantitative estimate of drug-likeness (QED) is 0.286. The number of carbonyl (C=O) groups excluding carboxylic acids is 1. The van der Waals surface area contributed by atoms with Gasteiger partial charge in [-0.2, -0.15) is 0 Å². The Hall–Kier alpha value is -3.68. The molecule has 0 aliphatic carbocycles. The fraction of sp³-hybridized carbons (Fsp3) is 0.276. The zero-order valence-corrected chi connectivity index (χ0v) is 20.7. The van der Waals surface area contributed by atoms with Crippen LogP contribution >= 0.6 is 0 Å². The molecule has 1 atom stereocenters. The van der Waals surface area contributed by atoms with E-state index in [1.807, 2.05) is 43.3 Å². The lowest BCUT2D eigenvalue weighted by atomic mass is 9.97. The summed E-state index contributed by atoms with van der Waals surface area (Å²) in [7, 11) is 1.56. The van der Waals surface area contributed by atoms with Gasteiger partial charge in [0.15, 0.2) is 0 Å². The number of para-hydroxylation sites is 1. The van der Waals surface area contributed by atoms with Crippen molar-refractivity contribution < 1.29 is 27.8 Å². The van der Waals surface area contributed by atoms with E-state index in [2.05, 4.69) is 0 Å². The minimum absolute atomic E-state index is 0.0758. The normalized spacial score (nSPS) is 12.0. The summed E-state index contributed by atoms with van der Waals surface area (Å²) in [5, 5.41) is 0.882. The maximum Gasteiger partial charge on any atom is 0.310 e. The first-order valence-corrected chi connectivity index (χ1v) is 11.8. The van der Waals surface area contributed by atoms with Crippen LogP contribution < -0.4 is 10.5 Å². The highest BCUT2D eigenvalue weighted by atomic mass is 19.1. The van der Waals surface area contributed by atoms with Crippen molar-refractivity contribution in [1.82, 2.24) is 0 Å². The molecule has 0 amide bonds. The van der Waals surface area contributed by atoms with Crippen LogP contribution in [0.2, 0.25) is 0 Å². The molecule has 1 heterocycles. The molecule has 0 radical (unpaired) electrons. The third-order valence-corrected chi connectivity index (χ3v) is 5.95. The highest BCUT2D eigenvalue weighted by Crippen LogP contribution is 2.35. The largest absolute Gasteiger partial charge is 0.489 e. The van der Waals surface area contributed by atoms with Crippen molar-refractivity contribution in [2.75, 3.05) is 13.7 Å². The number of rotatable bonds is 10. The fourth-order valence-corrected chi connectivity index (χ4v) is 4.19. The van der Waals surface area contributed by atoms with Crippen LogP contribution in [0.3, 0.4) is 0 Å². The minimum Gasteiger partial charge on any atom is -0.489 e. The fourth-order valence-electron chi connectivity index (χ4n) is 4.19. The molecule has 0 saturated carbocycles. The molecule has 2 N–H and O–H groups in total. The Labute approximate surface area is 209 Å². The van der Waals surface area contributed by atoms with Crippen LogP contribution in [0.1, 0.15) is 29.2 Å². The van der Waals surface area contributed by atoms with Crippen LogP contribution in [0.25, 0.3) is 22.1 Å². The number of halogens is 1. The molecule has 7 heteroatoms. The zero-order chi connectivity index (χ0) is 25.7. The minimum atomic E-state index is -0.361. The smallest absolute Gasteiger partial charge is 0.310 e. The first kappa shape index (κ1) is 25.4. The molecule has 1 unspecified atom stereocenters. The van der Waals surface area contributed by atoms with Gasteiger partial charge in [-0.15, -0.1) is 0 Å². The number of esters is 1. The molecule has 0 saturated heterocycles. The van der Waals surface area contributed by atoms with Gasteiger partial charge in [0.1, 0.15) is 29.9 Å². The molecule has 3 aromatic carbocycles. The van der Waals surface area contributed by atoms with Crippen molar-refractivity contribution in [3.63, 3.8) is 0 Å². The standard InChI is InChI=1S/C29H30FNO5/c1-18-15-35-29-24(18)11-20(12-25(29)23-9-6-8-22(14-31)28(23)30)17-34-26-10-5-4-7-21(26)13-27(32)36-19(2)16-33-3/h4-12,15,19H,13-14,16-17,31H2,1-3H3. The molecule has 0 bridgehead atoms. The van der Waals surface area contributed by atoms with E-state index in [0.717, 1.165) is 22.1 Å². The molecule has 4 aromatic rings. The Bertz CT molecular complexity index is 1360. The van der Waals surface area contributed by atoms with Crippen molar-refractivity contribution in [2.45, 2.75) is 39.5 Å². The summed E-state index contributed by atoms with van der Waals surface area (Å²) in [5.74, 6) is -0.140. The lowest BCUT2D eigenvalue weighted by Crippen LogP contribution is -2.21. The Morgan fingerprint density at radius 2 is 1.86 bits per heavy atom. The van der Waals surface area contributed by atoms with Crippen LogP contribution in [-0.2, 0) is 33.8 Å². The second-order valence-electron chi connectivity index (χ2n) is 8.75. The first-order valence-electron chi connectivity index (χ1n) is 11.8. The van der Waals surface area contributed by atoms with E-state index in [-0.39, 0.29) is 37.5 Å². The van der Waals surface area contributed by atoms with Crippen molar-refractivity contribution in [2.24, 2.45) is 5.73 Å². The molecule has 36 heavy (non-hydrogen) atoms. The number of fused-ring (bicyclic) bond motifs is 1. The van der Waals surface area contributed by atoms with Crippen molar-refractivity contribution in [3.05, 3.63) is 88.9 Å². The monoisotopic (exact) mass is 491 g/mol. The van der Waals surface area contributed by atoms with Crippen LogP contribution in [-0.4, -0.2) is 25.8 Å². The molecule has 6 nitrogen and oxygen atoms in total. The topological polar surface area (TPSA) is 83.9 Å². The van der Waals surface area contributed by atoms with Crippen molar-refractivity contribution in [1.29, 1.82) is 0 Å². The summed E-state index contributed by atoms with van der Waals surface area (Å²) in [6.45, 7) is 4.38. The Morgan fingerprint density at radius 3 is 2.64 bits per heavy atom. The average Bonchev–Trinajstić information content (AvgIpc) is 3.24. The van der Waals surface area contributed by atoms with Crippen LogP contribution in [0.15, 0.2) is 65.3 Å². The van der Waals surface area contributed by atoms with Crippen LogP contribution in [0, 0.1) is 12.7 Å². The maximum atomic E-state index is 15.2. The highest BCUT2D eigenvalue weighted by Gasteiger charge is 2.18. The Kier molecular flexibility index (Phi) is 8.03. The number of furan rings is 1. The number of hydrogen-bond acceptors (Lipinski definition) is 6. The number of nitrogens with two attached hydrogens (primary N) is 1. The van der Waals surface area contributed by atoms with E-state index in [0.29, 0.717) is 34.6 Å². The predicted molar refractivity (Wildman–Crippen MR) is 136 cm³/mol. The van der Waals surface area contributed by atoms with Crippen molar-refractivity contribution >= 4 is 16.9 Å². The van der Waals surface area contributed by atoms with Gasteiger partial charge in [0.05, 0.1) is 19.3 Å². The number of methoxy groups -OCH3 is 1. The van der Waals surface area contributed by atoms with Gasteiger partial charge >= 0.3 is 5.97 Å². The van der Waals surface area contributed by atoms with E-state index >= 15 is 4.39 Å². The number of aryl methyl sites for hydroxylation is 1. The molecule has 4 rings (SSSR count). The average molecular weight is 492 g/mol. The van der Waals surface area contributed by atoms with E-state index < -0.39 is 0 Å². The molecule has 1 aromatic heterocycles. The predicted octanol–water partition coefficient (Wildman–Crippen LogP) is 5.71. The summed E-state index contributed by atoms with van der Waals surface area (Å²) in [5.41, 5.74) is 10.3. The zero-order valence-electron chi connectivity index (χ0n) is 20.7. The van der Waals surface area contributed by atoms with Gasteiger partial charge in [-0.05, 0) is 43.2 Å². The third kappa shape index (κ3) is 5.58. The summed E-state index contributed by atoms with van der Waals surface area (Å²) in [6, 6.07) is 16.4. The van der Waals surface area contributed by atoms with Crippen LogP contribution in [0.5, 0.6) is 5.75 Å². The Morgan fingerprint density at radius 1 is 1.08 bits per heavy atom. The maximum absolute atomic E-state index is 15.2. The number of carbonyl (C=O) groups is 1. The third-order valence-electron chi connectivity index (χ3n) is 5.95. The van der Waals surface area contributed by atoms with Gasteiger partial charge in [0.25, 0.3) is 0 Å². The van der Waals surface area contributed by atoms with E-state index in [9.17, 15) is 4.79 Å². The summed E-state index contributed by atoms with van der Waals surface area (Å²) >= 11 is 0. The van der Waals surface area contributed by atoms with Gasteiger partial charge in [0.2, 0.25) is 0 Å². The van der Waals surface area contributed by atoms with E-state index in [1.54, 1.807) is 38.5 Å². The second kappa shape index (κ2) is 11.4. The lowest BCUT2D eigenvalue weighted by molar-refractivity contribution is -0.149. The van der Waals surface area contributed by atoms with E-state index in [1.165, 1.54) is 0 Å². The summed E-state index contributed by atoms with van der Waals surface area (Å²) < 4.78 is 37.5. The number of hydrogen-bond donors (Lipinski definition) is 1. The number of benzene rings is 3. The van der Waals surface area contributed by atoms with Gasteiger partial charge < -0.3 is 24.4 Å². The first-order chi connectivity index (χ1) is 17.4. The molecule has 0 aliphatic rings.